The lowest BCUT2D eigenvalue weighted by Gasteiger charge is -2.25. The number of rotatable bonds is 1. The summed E-state index contributed by atoms with van der Waals surface area (Å²) in [5.41, 5.74) is 1.22. The topological polar surface area (TPSA) is 52.8 Å². The van der Waals surface area contributed by atoms with Crippen molar-refractivity contribution in [1.82, 2.24) is 19.5 Å². The van der Waals surface area contributed by atoms with Gasteiger partial charge in [0.1, 0.15) is 17.6 Å². The van der Waals surface area contributed by atoms with E-state index in [0.29, 0.717) is 16.3 Å². The fraction of sp³-hybridized carbons (Fsp3) is 0.545. The molecule has 1 atom stereocenters. The third-order valence-electron chi connectivity index (χ3n) is 3.10. The van der Waals surface area contributed by atoms with Crippen LogP contribution in [-0.2, 0) is 4.74 Å². The highest BCUT2D eigenvalue weighted by molar-refractivity contribution is 6.35. The monoisotopic (exact) mass is 286 g/mol. The maximum absolute atomic E-state index is 6.15. The first kappa shape index (κ1) is 12.1. The van der Waals surface area contributed by atoms with Crippen LogP contribution in [0, 0.1) is 6.92 Å². The number of hydrogen-bond donors (Lipinski definition) is 0. The van der Waals surface area contributed by atoms with E-state index in [9.17, 15) is 0 Å². The van der Waals surface area contributed by atoms with Crippen molar-refractivity contribution in [2.45, 2.75) is 32.4 Å². The minimum Gasteiger partial charge on any atom is -0.358 e. The molecule has 96 valence electrons. The van der Waals surface area contributed by atoms with Gasteiger partial charge in [-0.3, -0.25) is 4.57 Å². The van der Waals surface area contributed by atoms with Crippen LogP contribution in [0.2, 0.25) is 10.4 Å². The standard InChI is InChI=1S/C11H12Cl2N4O/c1-6-14-10-8(9(12)15-11(13)16-10)17(6)7-4-2-3-5-18-7/h7H,2-5H2,1H3. The zero-order valence-corrected chi connectivity index (χ0v) is 11.4. The molecule has 0 aliphatic carbocycles. The first-order valence-electron chi connectivity index (χ1n) is 5.86. The molecule has 7 heteroatoms. The van der Waals surface area contributed by atoms with Crippen molar-refractivity contribution < 1.29 is 4.74 Å². The average Bonchev–Trinajstić information content (AvgIpc) is 2.66. The molecule has 3 heterocycles. The highest BCUT2D eigenvalue weighted by Crippen LogP contribution is 2.31. The van der Waals surface area contributed by atoms with Gasteiger partial charge >= 0.3 is 0 Å². The summed E-state index contributed by atoms with van der Waals surface area (Å²) in [6.07, 6.45) is 3.14. The van der Waals surface area contributed by atoms with Crippen molar-refractivity contribution in [2.75, 3.05) is 6.61 Å². The quantitative estimate of drug-likeness (QED) is 0.597. The summed E-state index contributed by atoms with van der Waals surface area (Å²) in [7, 11) is 0. The molecule has 1 unspecified atom stereocenters. The number of nitrogens with zero attached hydrogens (tertiary/aromatic N) is 4. The summed E-state index contributed by atoms with van der Waals surface area (Å²) >= 11 is 11.9. The number of halogens is 2. The Morgan fingerprint density at radius 3 is 2.78 bits per heavy atom. The van der Waals surface area contributed by atoms with Crippen molar-refractivity contribution in [3.8, 4) is 0 Å². The molecule has 2 aromatic heterocycles. The van der Waals surface area contributed by atoms with Gasteiger partial charge in [0.15, 0.2) is 10.8 Å². The Morgan fingerprint density at radius 2 is 2.06 bits per heavy atom. The minimum atomic E-state index is -0.0361. The molecule has 0 spiro atoms. The molecule has 0 aromatic carbocycles. The second kappa shape index (κ2) is 4.64. The van der Waals surface area contributed by atoms with Gasteiger partial charge in [0.2, 0.25) is 5.28 Å². The van der Waals surface area contributed by atoms with Crippen LogP contribution in [0.1, 0.15) is 31.3 Å². The second-order valence-corrected chi connectivity index (χ2v) is 5.00. The van der Waals surface area contributed by atoms with E-state index in [0.717, 1.165) is 31.7 Å². The molecule has 3 rings (SSSR count). The Kier molecular flexibility index (Phi) is 3.13. The van der Waals surface area contributed by atoms with Crippen LogP contribution in [0.25, 0.3) is 11.2 Å². The maximum Gasteiger partial charge on any atom is 0.225 e. The van der Waals surface area contributed by atoms with E-state index in [2.05, 4.69) is 15.0 Å². The Hall–Kier alpha value is -0.910. The Bertz CT molecular complexity index is 592. The Balaban J connectivity index is 2.18. The number of fused-ring (bicyclic) bond motifs is 1. The van der Waals surface area contributed by atoms with Crippen molar-refractivity contribution in [3.63, 3.8) is 0 Å². The van der Waals surface area contributed by atoms with Crippen LogP contribution >= 0.6 is 23.2 Å². The van der Waals surface area contributed by atoms with Crippen LogP contribution in [0.15, 0.2) is 0 Å². The van der Waals surface area contributed by atoms with E-state index in [4.69, 9.17) is 27.9 Å². The number of ether oxygens (including phenoxy) is 1. The van der Waals surface area contributed by atoms with Gasteiger partial charge in [-0.1, -0.05) is 11.6 Å². The van der Waals surface area contributed by atoms with E-state index < -0.39 is 0 Å². The summed E-state index contributed by atoms with van der Waals surface area (Å²) in [5.74, 6) is 0.815. The molecule has 1 saturated heterocycles. The predicted octanol–water partition coefficient (Wildman–Crippen LogP) is 3.14. The lowest BCUT2D eigenvalue weighted by Crippen LogP contribution is -2.19. The SMILES string of the molecule is Cc1nc2nc(Cl)nc(Cl)c2n1C1CCCCO1. The smallest absolute Gasteiger partial charge is 0.225 e. The molecule has 2 aromatic rings. The van der Waals surface area contributed by atoms with Gasteiger partial charge in [-0.25, -0.2) is 9.97 Å². The van der Waals surface area contributed by atoms with Gasteiger partial charge in [-0.05, 0) is 37.8 Å². The summed E-state index contributed by atoms with van der Waals surface area (Å²) in [6.45, 7) is 2.67. The zero-order valence-electron chi connectivity index (χ0n) is 9.86. The van der Waals surface area contributed by atoms with Gasteiger partial charge in [0, 0.05) is 6.61 Å². The predicted molar refractivity (Wildman–Crippen MR) is 68.9 cm³/mol. The van der Waals surface area contributed by atoms with Gasteiger partial charge in [0.25, 0.3) is 0 Å². The fourth-order valence-corrected chi connectivity index (χ4v) is 2.79. The molecular formula is C11H12Cl2N4O. The molecule has 0 N–H and O–H groups in total. The van der Waals surface area contributed by atoms with Gasteiger partial charge in [0.05, 0.1) is 0 Å². The lowest BCUT2D eigenvalue weighted by molar-refractivity contribution is -0.0306. The minimum absolute atomic E-state index is 0.0361. The van der Waals surface area contributed by atoms with E-state index in [1.54, 1.807) is 0 Å². The largest absolute Gasteiger partial charge is 0.358 e. The first-order valence-corrected chi connectivity index (χ1v) is 6.61. The molecule has 1 aliphatic heterocycles. The van der Waals surface area contributed by atoms with Crippen LogP contribution < -0.4 is 0 Å². The number of hydrogen-bond acceptors (Lipinski definition) is 4. The first-order chi connectivity index (χ1) is 8.66. The summed E-state index contributed by atoms with van der Waals surface area (Å²) in [4.78, 5) is 12.4. The molecule has 0 radical (unpaired) electrons. The van der Waals surface area contributed by atoms with Crippen LogP contribution in [0.4, 0.5) is 0 Å². The van der Waals surface area contributed by atoms with E-state index >= 15 is 0 Å². The summed E-state index contributed by atoms with van der Waals surface area (Å²) in [6, 6.07) is 0. The van der Waals surface area contributed by atoms with Gasteiger partial charge in [-0.15, -0.1) is 0 Å². The van der Waals surface area contributed by atoms with E-state index in [-0.39, 0.29) is 11.5 Å². The summed E-state index contributed by atoms with van der Waals surface area (Å²) in [5, 5.41) is 0.432. The highest BCUT2D eigenvalue weighted by Gasteiger charge is 2.23. The number of aryl methyl sites for hydroxylation is 1. The molecule has 0 amide bonds. The molecule has 18 heavy (non-hydrogen) atoms. The lowest BCUT2D eigenvalue weighted by atomic mass is 10.2. The zero-order chi connectivity index (χ0) is 12.7. The fourth-order valence-electron chi connectivity index (χ4n) is 2.33. The number of aromatic nitrogens is 4. The van der Waals surface area contributed by atoms with Crippen molar-refractivity contribution in [3.05, 3.63) is 16.3 Å². The molecular weight excluding hydrogens is 275 g/mol. The Morgan fingerprint density at radius 1 is 1.22 bits per heavy atom. The Labute approximate surface area is 114 Å². The average molecular weight is 287 g/mol. The summed E-state index contributed by atoms with van der Waals surface area (Å²) < 4.78 is 7.74. The van der Waals surface area contributed by atoms with Crippen molar-refractivity contribution in [1.29, 1.82) is 0 Å². The van der Waals surface area contributed by atoms with E-state index in [1.165, 1.54) is 0 Å². The molecule has 0 saturated carbocycles. The van der Waals surface area contributed by atoms with Gasteiger partial charge in [-0.2, -0.15) is 4.98 Å². The highest BCUT2D eigenvalue weighted by atomic mass is 35.5. The van der Waals surface area contributed by atoms with Crippen LogP contribution in [0.5, 0.6) is 0 Å². The third-order valence-corrected chi connectivity index (χ3v) is 3.53. The second-order valence-electron chi connectivity index (χ2n) is 4.31. The third kappa shape index (κ3) is 1.96. The van der Waals surface area contributed by atoms with Crippen molar-refractivity contribution in [2.24, 2.45) is 0 Å². The normalized spacial score (nSPS) is 20.5. The van der Waals surface area contributed by atoms with Crippen LogP contribution in [-0.4, -0.2) is 26.1 Å². The molecule has 0 bridgehead atoms. The van der Waals surface area contributed by atoms with Crippen molar-refractivity contribution >= 4 is 34.4 Å². The maximum atomic E-state index is 6.15. The van der Waals surface area contributed by atoms with Gasteiger partial charge < -0.3 is 4.74 Å². The molecule has 5 nitrogen and oxygen atoms in total. The molecule has 1 aliphatic rings. The van der Waals surface area contributed by atoms with Crippen LogP contribution in [0.3, 0.4) is 0 Å². The molecule has 1 fully saturated rings. The number of imidazole rings is 1. The van der Waals surface area contributed by atoms with E-state index in [1.807, 2.05) is 11.5 Å².